The van der Waals surface area contributed by atoms with Crippen molar-refractivity contribution in [1.29, 1.82) is 0 Å². The highest BCUT2D eigenvalue weighted by Gasteiger charge is 2.40. The Labute approximate surface area is 175 Å². The van der Waals surface area contributed by atoms with Gasteiger partial charge in [0, 0.05) is 37.8 Å². The first kappa shape index (κ1) is 19.8. The highest BCUT2D eigenvalue weighted by atomic mass is 32.2. The Morgan fingerprint density at radius 1 is 1.10 bits per heavy atom. The van der Waals surface area contributed by atoms with E-state index in [0.717, 1.165) is 30.8 Å². The molecule has 2 unspecified atom stereocenters. The maximum atomic E-state index is 13.2. The van der Waals surface area contributed by atoms with E-state index >= 15 is 0 Å². The van der Waals surface area contributed by atoms with Crippen LogP contribution < -0.4 is 20.3 Å². The molecule has 0 spiro atoms. The Morgan fingerprint density at radius 2 is 1.87 bits per heavy atom. The predicted molar refractivity (Wildman–Crippen MR) is 108 cm³/mol. The van der Waals surface area contributed by atoms with Crippen LogP contribution in [0.2, 0.25) is 0 Å². The molecule has 0 bridgehead atoms. The summed E-state index contributed by atoms with van der Waals surface area (Å²) in [5.41, 5.74) is 7.47. The molecule has 10 heteroatoms. The Balaban J connectivity index is 1.27. The van der Waals surface area contributed by atoms with E-state index < -0.39 is 10.0 Å². The molecule has 3 aliphatic heterocycles. The summed E-state index contributed by atoms with van der Waals surface area (Å²) in [4.78, 5) is 0.251. The molecule has 1 aromatic heterocycles. The number of fused-ring (bicyclic) bond motifs is 1. The van der Waals surface area contributed by atoms with Crippen LogP contribution in [0.4, 0.5) is 0 Å². The minimum absolute atomic E-state index is 0.191. The van der Waals surface area contributed by atoms with Gasteiger partial charge in [-0.25, -0.2) is 8.42 Å². The minimum atomic E-state index is -3.57. The maximum absolute atomic E-state index is 13.2. The number of sulfonamides is 1. The molecule has 2 aromatic rings. The number of hydrogen-bond donors (Lipinski definition) is 2. The Bertz CT molecular complexity index is 1020. The minimum Gasteiger partial charge on any atom is -0.486 e. The van der Waals surface area contributed by atoms with Gasteiger partial charge in [-0.3, -0.25) is 10.9 Å². The van der Waals surface area contributed by atoms with Gasteiger partial charge in [-0.2, -0.15) is 4.31 Å². The van der Waals surface area contributed by atoms with Crippen LogP contribution in [0.25, 0.3) is 0 Å². The standard InChI is InChI=1S/C20H26N4O5S/c1-13-10-18(29-23-13)16-12-21-22-20(16)14-4-6-24(7-5-14)30(25,26)15-2-3-17-19(11-15)28-9-8-27-17/h2-3,10-11,14,16,20-22H,4-9,12H2,1H3. The van der Waals surface area contributed by atoms with Crippen LogP contribution in [0.5, 0.6) is 11.5 Å². The zero-order chi connectivity index (χ0) is 20.7. The number of nitrogens with one attached hydrogen (secondary N) is 2. The molecule has 162 valence electrons. The number of hydrogen-bond acceptors (Lipinski definition) is 8. The number of nitrogens with zero attached hydrogens (tertiary/aromatic N) is 2. The van der Waals surface area contributed by atoms with Crippen LogP contribution in [0, 0.1) is 12.8 Å². The Hall–Kier alpha value is -2.14. The molecule has 9 nitrogen and oxygen atoms in total. The summed E-state index contributed by atoms with van der Waals surface area (Å²) in [5, 5.41) is 4.01. The second-order valence-electron chi connectivity index (χ2n) is 8.08. The van der Waals surface area contributed by atoms with Gasteiger partial charge in [0.25, 0.3) is 0 Å². The van der Waals surface area contributed by atoms with Crippen LogP contribution in [-0.4, -0.2) is 56.8 Å². The van der Waals surface area contributed by atoms with Crippen molar-refractivity contribution in [2.75, 3.05) is 32.8 Å². The fraction of sp³-hybridized carbons (Fsp3) is 0.550. The summed E-state index contributed by atoms with van der Waals surface area (Å²) < 4.78 is 44.4. The number of piperidine rings is 1. The van der Waals surface area contributed by atoms with Gasteiger partial charge in [-0.1, -0.05) is 5.16 Å². The van der Waals surface area contributed by atoms with Crippen LogP contribution in [-0.2, 0) is 10.0 Å². The van der Waals surface area contributed by atoms with Gasteiger partial charge >= 0.3 is 0 Å². The van der Waals surface area contributed by atoms with Crippen molar-refractivity contribution < 1.29 is 22.4 Å². The number of ether oxygens (including phenoxy) is 2. The fourth-order valence-corrected chi connectivity index (χ4v) is 6.09. The van der Waals surface area contributed by atoms with Crippen molar-refractivity contribution in [3.63, 3.8) is 0 Å². The summed E-state index contributed by atoms with van der Waals surface area (Å²) >= 11 is 0. The average Bonchev–Trinajstić information content (AvgIpc) is 3.42. The number of hydrazine groups is 1. The largest absolute Gasteiger partial charge is 0.486 e. The molecule has 0 radical (unpaired) electrons. The first-order valence-corrected chi connectivity index (χ1v) is 11.8. The van der Waals surface area contributed by atoms with Crippen molar-refractivity contribution in [1.82, 2.24) is 20.3 Å². The highest BCUT2D eigenvalue weighted by Crippen LogP contribution is 2.36. The second-order valence-corrected chi connectivity index (χ2v) is 10.0. The molecule has 30 heavy (non-hydrogen) atoms. The van der Waals surface area contributed by atoms with Crippen molar-refractivity contribution in [3.05, 3.63) is 35.7 Å². The molecule has 3 aliphatic rings. The zero-order valence-corrected chi connectivity index (χ0v) is 17.7. The zero-order valence-electron chi connectivity index (χ0n) is 16.8. The molecule has 5 rings (SSSR count). The van der Waals surface area contributed by atoms with Gasteiger partial charge in [0.2, 0.25) is 10.0 Å². The van der Waals surface area contributed by atoms with Crippen molar-refractivity contribution in [3.8, 4) is 11.5 Å². The van der Waals surface area contributed by atoms with Crippen molar-refractivity contribution in [2.45, 2.75) is 36.6 Å². The van der Waals surface area contributed by atoms with Gasteiger partial charge in [-0.05, 0) is 37.8 Å². The quantitative estimate of drug-likeness (QED) is 0.744. The lowest BCUT2D eigenvalue weighted by Crippen LogP contribution is -2.45. The van der Waals surface area contributed by atoms with Crippen LogP contribution in [0.1, 0.15) is 30.2 Å². The predicted octanol–water partition coefficient (Wildman–Crippen LogP) is 1.42. The molecule has 2 N–H and O–H groups in total. The monoisotopic (exact) mass is 434 g/mol. The Morgan fingerprint density at radius 3 is 2.60 bits per heavy atom. The SMILES string of the molecule is Cc1cc(C2CNNC2C2CCN(S(=O)(=O)c3ccc4c(c3)OCCO4)CC2)on1. The maximum Gasteiger partial charge on any atom is 0.243 e. The lowest BCUT2D eigenvalue weighted by molar-refractivity contribution is 0.171. The molecule has 2 atom stereocenters. The molecule has 0 saturated carbocycles. The molecule has 0 aliphatic carbocycles. The lowest BCUT2D eigenvalue weighted by atomic mass is 9.83. The van der Waals surface area contributed by atoms with Crippen LogP contribution in [0.15, 0.2) is 33.7 Å². The summed E-state index contributed by atoms with van der Waals surface area (Å²) in [6.45, 7) is 4.57. The number of benzene rings is 1. The first-order chi connectivity index (χ1) is 14.5. The van der Waals surface area contributed by atoms with Crippen LogP contribution in [0.3, 0.4) is 0 Å². The second kappa shape index (κ2) is 7.84. The third-order valence-electron chi connectivity index (χ3n) is 6.19. The number of aromatic nitrogens is 1. The van der Waals surface area contributed by atoms with E-state index in [1.807, 2.05) is 13.0 Å². The summed E-state index contributed by atoms with van der Waals surface area (Å²) in [7, 11) is -3.57. The van der Waals surface area contributed by atoms with Crippen molar-refractivity contribution in [2.24, 2.45) is 5.92 Å². The fourth-order valence-electron chi connectivity index (χ4n) is 4.60. The molecule has 0 amide bonds. The molecule has 2 fully saturated rings. The van der Waals surface area contributed by atoms with Crippen LogP contribution >= 0.6 is 0 Å². The van der Waals surface area contributed by atoms with E-state index in [9.17, 15) is 8.42 Å². The summed E-state index contributed by atoms with van der Waals surface area (Å²) in [6.07, 6.45) is 1.57. The summed E-state index contributed by atoms with van der Waals surface area (Å²) in [5.74, 6) is 2.50. The van der Waals surface area contributed by atoms with Crippen molar-refractivity contribution >= 4 is 10.0 Å². The van der Waals surface area contributed by atoms with Gasteiger partial charge in [-0.15, -0.1) is 0 Å². The molecule has 1 aromatic carbocycles. The van der Waals surface area contributed by atoms with E-state index in [4.69, 9.17) is 14.0 Å². The molecular formula is C20H26N4O5S. The summed E-state index contributed by atoms with van der Waals surface area (Å²) in [6, 6.07) is 7.01. The van der Waals surface area contributed by atoms with Gasteiger partial charge in [0.15, 0.2) is 11.5 Å². The van der Waals surface area contributed by atoms with Gasteiger partial charge in [0.1, 0.15) is 19.0 Å². The third-order valence-corrected chi connectivity index (χ3v) is 8.09. The van der Waals surface area contributed by atoms with Gasteiger partial charge in [0.05, 0.1) is 16.5 Å². The smallest absolute Gasteiger partial charge is 0.243 e. The number of aryl methyl sites for hydroxylation is 1. The van der Waals surface area contributed by atoms with E-state index in [1.54, 1.807) is 22.5 Å². The first-order valence-electron chi connectivity index (χ1n) is 10.3. The molecular weight excluding hydrogens is 408 g/mol. The number of rotatable bonds is 4. The average molecular weight is 435 g/mol. The van der Waals surface area contributed by atoms with E-state index in [1.165, 1.54) is 0 Å². The lowest BCUT2D eigenvalue weighted by Gasteiger charge is -2.35. The van der Waals surface area contributed by atoms with Gasteiger partial charge < -0.3 is 14.0 Å². The molecule has 4 heterocycles. The highest BCUT2D eigenvalue weighted by molar-refractivity contribution is 7.89. The normalized spacial score (nSPS) is 25.5. The van der Waals surface area contributed by atoms with E-state index in [0.29, 0.717) is 43.7 Å². The Kier molecular flexibility index (Phi) is 5.18. The topological polar surface area (TPSA) is 106 Å². The van der Waals surface area contributed by atoms with E-state index in [-0.39, 0.29) is 16.9 Å². The third kappa shape index (κ3) is 3.58. The molecule has 2 saturated heterocycles. The van der Waals surface area contributed by atoms with E-state index in [2.05, 4.69) is 16.0 Å².